The fourth-order valence-corrected chi connectivity index (χ4v) is 2.53. The highest BCUT2D eigenvalue weighted by molar-refractivity contribution is 9.10. The molecular formula is C14H9BrClN3O. The maximum absolute atomic E-state index is 6.15. The zero-order valence-electron chi connectivity index (χ0n) is 10.5. The fourth-order valence-electron chi connectivity index (χ4n) is 1.86. The lowest BCUT2D eigenvalue weighted by atomic mass is 10.2. The van der Waals surface area contributed by atoms with Gasteiger partial charge in [-0.3, -0.25) is 4.98 Å². The molecule has 0 saturated carbocycles. The Morgan fingerprint density at radius 3 is 2.85 bits per heavy atom. The second-order valence-corrected chi connectivity index (χ2v) is 5.34. The van der Waals surface area contributed by atoms with Crippen LogP contribution < -0.4 is 4.74 Å². The van der Waals surface area contributed by atoms with Gasteiger partial charge in [0.25, 0.3) is 0 Å². The average molecular weight is 351 g/mol. The molecule has 0 aliphatic heterocycles. The van der Waals surface area contributed by atoms with Crippen molar-refractivity contribution in [1.29, 1.82) is 0 Å². The Labute approximate surface area is 128 Å². The van der Waals surface area contributed by atoms with E-state index < -0.39 is 0 Å². The van der Waals surface area contributed by atoms with Crippen molar-refractivity contribution < 1.29 is 4.74 Å². The number of hydrogen-bond donors (Lipinski definition) is 0. The van der Waals surface area contributed by atoms with E-state index in [4.69, 9.17) is 16.3 Å². The van der Waals surface area contributed by atoms with Crippen LogP contribution in [0.15, 0.2) is 41.1 Å². The van der Waals surface area contributed by atoms with Crippen molar-refractivity contribution in [2.75, 3.05) is 0 Å². The predicted octanol–water partition coefficient (Wildman–Crippen LogP) is 4.54. The second kappa shape index (κ2) is 5.34. The van der Waals surface area contributed by atoms with E-state index >= 15 is 0 Å². The zero-order chi connectivity index (χ0) is 14.1. The van der Waals surface area contributed by atoms with Gasteiger partial charge in [-0.25, -0.2) is 4.98 Å². The average Bonchev–Trinajstić information content (AvgIpc) is 2.41. The number of rotatable bonds is 2. The van der Waals surface area contributed by atoms with Crippen LogP contribution in [0.4, 0.5) is 0 Å². The summed E-state index contributed by atoms with van der Waals surface area (Å²) < 4.78 is 6.48. The normalized spacial score (nSPS) is 10.8. The molecule has 2 aromatic heterocycles. The third-order valence-electron chi connectivity index (χ3n) is 2.68. The summed E-state index contributed by atoms with van der Waals surface area (Å²) in [6.07, 6.45) is 1.70. The molecule has 3 aromatic rings. The van der Waals surface area contributed by atoms with Gasteiger partial charge in [0.05, 0.1) is 5.02 Å². The molecule has 100 valence electrons. The molecule has 0 spiro atoms. The Kier molecular flexibility index (Phi) is 3.54. The van der Waals surface area contributed by atoms with E-state index in [2.05, 4.69) is 30.9 Å². The molecule has 0 fully saturated rings. The van der Waals surface area contributed by atoms with Crippen molar-refractivity contribution in [3.8, 4) is 11.6 Å². The van der Waals surface area contributed by atoms with E-state index in [0.29, 0.717) is 32.6 Å². The summed E-state index contributed by atoms with van der Waals surface area (Å²) >= 11 is 9.47. The van der Waals surface area contributed by atoms with Crippen LogP contribution >= 0.6 is 27.5 Å². The molecule has 0 N–H and O–H groups in total. The molecule has 0 atom stereocenters. The minimum absolute atomic E-state index is 0.457. The highest BCUT2D eigenvalue weighted by Gasteiger charge is 2.09. The summed E-state index contributed by atoms with van der Waals surface area (Å²) in [5, 5.41) is 1.48. The van der Waals surface area contributed by atoms with Gasteiger partial charge >= 0.3 is 0 Å². The van der Waals surface area contributed by atoms with Gasteiger partial charge in [0.15, 0.2) is 5.75 Å². The van der Waals surface area contributed by atoms with Gasteiger partial charge in [0.1, 0.15) is 15.9 Å². The monoisotopic (exact) mass is 349 g/mol. The lowest BCUT2D eigenvalue weighted by Gasteiger charge is -2.09. The van der Waals surface area contributed by atoms with Crippen molar-refractivity contribution in [2.45, 2.75) is 6.92 Å². The Balaban J connectivity index is 2.09. The van der Waals surface area contributed by atoms with Crippen molar-refractivity contribution in [3.05, 3.63) is 52.0 Å². The summed E-state index contributed by atoms with van der Waals surface area (Å²) in [5.74, 6) is 1.69. The fraction of sp³-hybridized carbons (Fsp3) is 0.0714. The van der Waals surface area contributed by atoms with Gasteiger partial charge in [-0.2, -0.15) is 4.98 Å². The summed E-state index contributed by atoms with van der Waals surface area (Å²) in [6.45, 7) is 1.80. The quantitative estimate of drug-likeness (QED) is 0.637. The van der Waals surface area contributed by atoms with Gasteiger partial charge in [0, 0.05) is 17.6 Å². The number of aryl methyl sites for hydroxylation is 1. The number of ether oxygens (including phenoxy) is 1. The second-order valence-electron chi connectivity index (χ2n) is 4.12. The van der Waals surface area contributed by atoms with E-state index in [0.717, 1.165) is 5.39 Å². The van der Waals surface area contributed by atoms with Crippen LogP contribution in [-0.4, -0.2) is 15.0 Å². The van der Waals surface area contributed by atoms with Crippen molar-refractivity contribution in [1.82, 2.24) is 15.0 Å². The standard InChI is InChI=1S/C14H9BrClN3O/c1-8-18-12(15)7-13(19-8)20-11-5-4-10(16)9-3-2-6-17-14(9)11/h2-7H,1H3. The zero-order valence-corrected chi connectivity index (χ0v) is 12.8. The minimum atomic E-state index is 0.457. The van der Waals surface area contributed by atoms with Crippen molar-refractivity contribution in [2.24, 2.45) is 0 Å². The van der Waals surface area contributed by atoms with Crippen molar-refractivity contribution in [3.63, 3.8) is 0 Å². The number of halogens is 2. The van der Waals surface area contributed by atoms with Gasteiger partial charge < -0.3 is 4.74 Å². The molecule has 4 nitrogen and oxygen atoms in total. The van der Waals surface area contributed by atoms with E-state index in [1.807, 2.05) is 12.1 Å². The largest absolute Gasteiger partial charge is 0.437 e. The molecule has 0 amide bonds. The molecule has 0 aliphatic rings. The lowest BCUT2D eigenvalue weighted by molar-refractivity contribution is 0.463. The van der Waals surface area contributed by atoms with Crippen LogP contribution in [0.1, 0.15) is 5.82 Å². The predicted molar refractivity (Wildman–Crippen MR) is 81.3 cm³/mol. The molecule has 20 heavy (non-hydrogen) atoms. The van der Waals surface area contributed by atoms with Crippen LogP contribution in [-0.2, 0) is 0 Å². The summed E-state index contributed by atoms with van der Waals surface area (Å²) in [5.41, 5.74) is 0.701. The first-order valence-electron chi connectivity index (χ1n) is 5.86. The molecule has 0 unspecified atom stereocenters. The van der Waals surface area contributed by atoms with E-state index in [1.54, 1.807) is 31.3 Å². The summed E-state index contributed by atoms with van der Waals surface area (Å²) in [7, 11) is 0. The molecule has 0 aliphatic carbocycles. The third-order valence-corrected chi connectivity index (χ3v) is 3.41. The van der Waals surface area contributed by atoms with Crippen LogP contribution in [0.5, 0.6) is 11.6 Å². The highest BCUT2D eigenvalue weighted by atomic mass is 79.9. The van der Waals surface area contributed by atoms with Crippen LogP contribution in [0.25, 0.3) is 10.9 Å². The van der Waals surface area contributed by atoms with Gasteiger partial charge in [0.2, 0.25) is 5.88 Å². The Bertz CT molecular complexity index is 774. The maximum Gasteiger partial charge on any atom is 0.223 e. The third kappa shape index (κ3) is 2.59. The molecule has 2 heterocycles. The van der Waals surface area contributed by atoms with E-state index in [9.17, 15) is 0 Å². The van der Waals surface area contributed by atoms with E-state index in [1.165, 1.54) is 0 Å². The Morgan fingerprint density at radius 2 is 2.05 bits per heavy atom. The van der Waals surface area contributed by atoms with E-state index in [-0.39, 0.29) is 0 Å². The summed E-state index contributed by atoms with van der Waals surface area (Å²) in [6, 6.07) is 9.01. The molecular weight excluding hydrogens is 342 g/mol. The topological polar surface area (TPSA) is 47.9 Å². The first-order valence-corrected chi connectivity index (χ1v) is 7.03. The first kappa shape index (κ1) is 13.3. The SMILES string of the molecule is Cc1nc(Br)cc(Oc2ccc(Cl)c3cccnc23)n1. The smallest absolute Gasteiger partial charge is 0.223 e. The number of benzene rings is 1. The molecule has 6 heteroatoms. The summed E-state index contributed by atoms with van der Waals surface area (Å²) in [4.78, 5) is 12.7. The molecule has 0 saturated heterocycles. The molecule has 0 radical (unpaired) electrons. The van der Waals surface area contributed by atoms with Crippen LogP contribution in [0.2, 0.25) is 5.02 Å². The van der Waals surface area contributed by atoms with Gasteiger partial charge in [-0.05, 0) is 47.1 Å². The number of nitrogens with zero attached hydrogens (tertiary/aromatic N) is 3. The number of aromatic nitrogens is 3. The minimum Gasteiger partial charge on any atom is -0.437 e. The lowest BCUT2D eigenvalue weighted by Crippen LogP contribution is -1.94. The van der Waals surface area contributed by atoms with Crippen molar-refractivity contribution >= 4 is 38.4 Å². The Morgan fingerprint density at radius 1 is 1.20 bits per heavy atom. The van der Waals surface area contributed by atoms with Crippen LogP contribution in [0.3, 0.4) is 0 Å². The van der Waals surface area contributed by atoms with Crippen LogP contribution in [0, 0.1) is 6.92 Å². The number of fused-ring (bicyclic) bond motifs is 1. The maximum atomic E-state index is 6.15. The molecule has 3 rings (SSSR count). The molecule has 0 bridgehead atoms. The highest BCUT2D eigenvalue weighted by Crippen LogP contribution is 2.32. The molecule has 1 aromatic carbocycles. The number of pyridine rings is 1. The number of hydrogen-bond acceptors (Lipinski definition) is 4. The van der Waals surface area contributed by atoms with Gasteiger partial charge in [-0.1, -0.05) is 11.6 Å². The van der Waals surface area contributed by atoms with Gasteiger partial charge in [-0.15, -0.1) is 0 Å². The first-order chi connectivity index (χ1) is 9.63. The Hall–Kier alpha value is -1.72.